The number of piperazine rings is 1. The summed E-state index contributed by atoms with van der Waals surface area (Å²) >= 11 is 0. The van der Waals surface area contributed by atoms with E-state index in [0.29, 0.717) is 17.8 Å². The Bertz CT molecular complexity index is 820. The standard InChI is InChI=1S/C20H24N4O2/c1-4-10-23-11-13-24(14-12-23)15-16-7-8-18(26-20(25)22(2)3)19-17(16)6-5-9-21-19/h1,5-9H,10-15H2,2-3H3. The molecular weight excluding hydrogens is 328 g/mol. The SMILES string of the molecule is C#CCN1CCN(Cc2ccc(OC(=O)N(C)C)c3ncccc23)CC1. The first-order valence-electron chi connectivity index (χ1n) is 8.72. The summed E-state index contributed by atoms with van der Waals surface area (Å²) in [7, 11) is 3.32. The van der Waals surface area contributed by atoms with Gasteiger partial charge in [-0.1, -0.05) is 18.1 Å². The maximum Gasteiger partial charge on any atom is 0.414 e. The van der Waals surface area contributed by atoms with E-state index in [4.69, 9.17) is 11.2 Å². The summed E-state index contributed by atoms with van der Waals surface area (Å²) < 4.78 is 5.46. The van der Waals surface area contributed by atoms with Gasteiger partial charge in [-0.25, -0.2) is 4.79 Å². The van der Waals surface area contributed by atoms with E-state index in [9.17, 15) is 4.79 Å². The maximum absolute atomic E-state index is 11.9. The van der Waals surface area contributed by atoms with E-state index >= 15 is 0 Å². The van der Waals surface area contributed by atoms with E-state index in [1.165, 1.54) is 10.5 Å². The Hall–Kier alpha value is -2.62. The van der Waals surface area contributed by atoms with Gasteiger partial charge in [0.15, 0.2) is 5.75 Å². The van der Waals surface area contributed by atoms with Gasteiger partial charge in [-0.3, -0.25) is 14.8 Å². The number of nitrogens with zero attached hydrogens (tertiary/aromatic N) is 4. The lowest BCUT2D eigenvalue weighted by atomic mass is 10.1. The number of terminal acetylenes is 1. The number of hydrogen-bond donors (Lipinski definition) is 0. The predicted molar refractivity (Wildman–Crippen MR) is 102 cm³/mol. The number of aromatic nitrogens is 1. The normalized spacial score (nSPS) is 15.6. The molecule has 0 unspecified atom stereocenters. The van der Waals surface area contributed by atoms with Gasteiger partial charge in [0.05, 0.1) is 6.54 Å². The third-order valence-electron chi connectivity index (χ3n) is 4.56. The second-order valence-electron chi connectivity index (χ2n) is 6.64. The number of fused-ring (bicyclic) bond motifs is 1. The summed E-state index contributed by atoms with van der Waals surface area (Å²) in [5.74, 6) is 3.20. The molecule has 1 aliphatic heterocycles. The Morgan fingerprint density at radius 2 is 1.96 bits per heavy atom. The maximum atomic E-state index is 11.9. The fourth-order valence-corrected chi connectivity index (χ4v) is 3.09. The second kappa shape index (κ2) is 8.17. The molecule has 0 radical (unpaired) electrons. The number of carbonyl (C=O) groups excluding carboxylic acids is 1. The zero-order chi connectivity index (χ0) is 18.5. The summed E-state index contributed by atoms with van der Waals surface area (Å²) in [4.78, 5) is 22.4. The largest absolute Gasteiger partial charge is 0.414 e. The third kappa shape index (κ3) is 4.13. The van der Waals surface area contributed by atoms with Crippen molar-refractivity contribution >= 4 is 17.0 Å². The molecule has 1 aromatic carbocycles. The van der Waals surface area contributed by atoms with Crippen LogP contribution in [0.3, 0.4) is 0 Å². The molecule has 0 bridgehead atoms. The topological polar surface area (TPSA) is 48.9 Å². The predicted octanol–water partition coefficient (Wildman–Crippen LogP) is 2.05. The Kier molecular flexibility index (Phi) is 5.71. The van der Waals surface area contributed by atoms with Crippen molar-refractivity contribution in [1.82, 2.24) is 19.7 Å². The number of pyridine rings is 1. The molecule has 1 aliphatic rings. The van der Waals surface area contributed by atoms with Crippen LogP contribution in [-0.4, -0.2) is 72.6 Å². The molecule has 6 nitrogen and oxygen atoms in total. The molecule has 136 valence electrons. The van der Waals surface area contributed by atoms with Crippen LogP contribution in [0.25, 0.3) is 10.9 Å². The number of carbonyl (C=O) groups is 1. The Morgan fingerprint density at radius 3 is 2.65 bits per heavy atom. The van der Waals surface area contributed by atoms with Crippen LogP contribution >= 0.6 is 0 Å². The summed E-state index contributed by atoms with van der Waals surface area (Å²) in [6, 6.07) is 7.80. The van der Waals surface area contributed by atoms with E-state index in [1.807, 2.05) is 24.3 Å². The molecule has 2 heterocycles. The van der Waals surface area contributed by atoms with Crippen LogP contribution in [-0.2, 0) is 6.54 Å². The van der Waals surface area contributed by atoms with E-state index < -0.39 is 6.09 Å². The van der Waals surface area contributed by atoms with E-state index in [-0.39, 0.29) is 0 Å². The van der Waals surface area contributed by atoms with Crippen molar-refractivity contribution in [3.63, 3.8) is 0 Å². The number of rotatable bonds is 4. The molecule has 1 aromatic heterocycles. The van der Waals surface area contributed by atoms with Crippen molar-refractivity contribution in [1.29, 1.82) is 0 Å². The lowest BCUT2D eigenvalue weighted by Crippen LogP contribution is -2.45. The molecule has 1 amide bonds. The van der Waals surface area contributed by atoms with Crippen LogP contribution in [0.1, 0.15) is 5.56 Å². The number of hydrogen-bond acceptors (Lipinski definition) is 5. The molecule has 0 atom stereocenters. The number of ether oxygens (including phenoxy) is 1. The first kappa shape index (κ1) is 18.2. The van der Waals surface area contributed by atoms with E-state index in [2.05, 4.69) is 20.7 Å². The van der Waals surface area contributed by atoms with Gasteiger partial charge in [0.2, 0.25) is 0 Å². The smallest absolute Gasteiger partial charge is 0.408 e. The van der Waals surface area contributed by atoms with Crippen molar-refractivity contribution in [3.05, 3.63) is 36.0 Å². The minimum absolute atomic E-state index is 0.408. The van der Waals surface area contributed by atoms with Crippen LogP contribution in [0.5, 0.6) is 5.75 Å². The molecule has 1 saturated heterocycles. The molecule has 2 aromatic rings. The monoisotopic (exact) mass is 352 g/mol. The molecule has 6 heteroatoms. The Labute approximate surface area is 154 Å². The van der Waals surface area contributed by atoms with Gasteiger partial charge in [0.1, 0.15) is 5.52 Å². The molecule has 0 aliphatic carbocycles. The van der Waals surface area contributed by atoms with Crippen molar-refractivity contribution in [2.75, 3.05) is 46.8 Å². The minimum Gasteiger partial charge on any atom is -0.408 e. The highest BCUT2D eigenvalue weighted by Gasteiger charge is 2.18. The highest BCUT2D eigenvalue weighted by atomic mass is 16.6. The highest BCUT2D eigenvalue weighted by molar-refractivity contribution is 5.89. The fraction of sp³-hybridized carbons (Fsp3) is 0.400. The molecular formula is C20H24N4O2. The van der Waals surface area contributed by atoms with Gasteiger partial charge in [0, 0.05) is 58.4 Å². The number of amides is 1. The molecule has 3 rings (SSSR count). The van der Waals surface area contributed by atoms with Crippen LogP contribution in [0, 0.1) is 12.3 Å². The van der Waals surface area contributed by atoms with E-state index in [0.717, 1.165) is 38.1 Å². The van der Waals surface area contributed by atoms with Gasteiger partial charge >= 0.3 is 6.09 Å². The Balaban J connectivity index is 1.78. The highest BCUT2D eigenvalue weighted by Crippen LogP contribution is 2.28. The second-order valence-corrected chi connectivity index (χ2v) is 6.64. The zero-order valence-electron chi connectivity index (χ0n) is 15.3. The number of benzene rings is 1. The summed E-state index contributed by atoms with van der Waals surface area (Å²) in [5.41, 5.74) is 1.90. The van der Waals surface area contributed by atoms with Gasteiger partial charge < -0.3 is 9.64 Å². The fourth-order valence-electron chi connectivity index (χ4n) is 3.09. The first-order valence-corrected chi connectivity index (χ1v) is 8.72. The molecule has 0 spiro atoms. The minimum atomic E-state index is -0.408. The van der Waals surface area contributed by atoms with Gasteiger partial charge in [-0.15, -0.1) is 6.42 Å². The molecule has 0 saturated carbocycles. The zero-order valence-corrected chi connectivity index (χ0v) is 15.3. The summed E-state index contributed by atoms with van der Waals surface area (Å²) in [6.07, 6.45) is 6.71. The average molecular weight is 352 g/mol. The van der Waals surface area contributed by atoms with Gasteiger partial charge in [-0.2, -0.15) is 0 Å². The van der Waals surface area contributed by atoms with Crippen LogP contribution in [0.15, 0.2) is 30.5 Å². The third-order valence-corrected chi connectivity index (χ3v) is 4.56. The van der Waals surface area contributed by atoms with E-state index in [1.54, 1.807) is 20.3 Å². The van der Waals surface area contributed by atoms with Crippen LogP contribution in [0.4, 0.5) is 4.79 Å². The molecule has 26 heavy (non-hydrogen) atoms. The summed E-state index contributed by atoms with van der Waals surface area (Å²) in [5, 5.41) is 1.02. The lowest BCUT2D eigenvalue weighted by molar-refractivity contribution is 0.139. The van der Waals surface area contributed by atoms with Gasteiger partial charge in [0.25, 0.3) is 0 Å². The van der Waals surface area contributed by atoms with Crippen molar-refractivity contribution < 1.29 is 9.53 Å². The first-order chi connectivity index (χ1) is 12.6. The van der Waals surface area contributed by atoms with Crippen LogP contribution in [0.2, 0.25) is 0 Å². The van der Waals surface area contributed by atoms with Crippen molar-refractivity contribution in [2.45, 2.75) is 6.54 Å². The quantitative estimate of drug-likeness (QED) is 0.788. The van der Waals surface area contributed by atoms with Crippen molar-refractivity contribution in [2.24, 2.45) is 0 Å². The van der Waals surface area contributed by atoms with Crippen LogP contribution < -0.4 is 4.74 Å². The molecule has 0 N–H and O–H groups in total. The van der Waals surface area contributed by atoms with Crippen molar-refractivity contribution in [3.8, 4) is 18.1 Å². The Morgan fingerprint density at radius 1 is 1.23 bits per heavy atom. The summed E-state index contributed by atoms with van der Waals surface area (Å²) in [6.45, 7) is 5.50. The molecule has 1 fully saturated rings. The lowest BCUT2D eigenvalue weighted by Gasteiger charge is -2.33. The van der Waals surface area contributed by atoms with Gasteiger partial charge in [-0.05, 0) is 17.7 Å². The average Bonchev–Trinajstić information content (AvgIpc) is 2.65.